The van der Waals surface area contributed by atoms with Gasteiger partial charge in [0, 0.05) is 27.8 Å². The largest absolute Gasteiger partial charge is 0.493 e. The number of rotatable bonds is 4. The third kappa shape index (κ3) is 3.24. The molecular formula is C23H22BrNO3. The Bertz CT molecular complexity index is 1060. The van der Waals surface area contributed by atoms with Gasteiger partial charge < -0.3 is 14.8 Å². The summed E-state index contributed by atoms with van der Waals surface area (Å²) in [5.74, 6) is 1.27. The molecule has 1 heterocycles. The van der Waals surface area contributed by atoms with Crippen molar-refractivity contribution in [3.05, 3.63) is 64.1 Å². The lowest BCUT2D eigenvalue weighted by Crippen LogP contribution is -2.24. The zero-order chi connectivity index (χ0) is 19.8. The molecule has 0 spiro atoms. The first-order valence-electron chi connectivity index (χ1n) is 9.34. The van der Waals surface area contributed by atoms with Gasteiger partial charge in [-0.2, -0.15) is 0 Å². The zero-order valence-electron chi connectivity index (χ0n) is 16.1. The Hall–Kier alpha value is -2.53. The molecule has 0 fully saturated rings. The van der Waals surface area contributed by atoms with Crippen molar-refractivity contribution in [2.45, 2.75) is 32.3 Å². The highest BCUT2D eigenvalue weighted by Crippen LogP contribution is 2.47. The van der Waals surface area contributed by atoms with E-state index in [0.29, 0.717) is 17.9 Å². The van der Waals surface area contributed by atoms with E-state index < -0.39 is 0 Å². The van der Waals surface area contributed by atoms with Crippen LogP contribution in [0.25, 0.3) is 10.8 Å². The van der Waals surface area contributed by atoms with Gasteiger partial charge in [0.1, 0.15) is 0 Å². The molecule has 1 amide bonds. The Kier molecular flexibility index (Phi) is 5.02. The molecule has 4 rings (SSSR count). The maximum absolute atomic E-state index is 12.6. The Balaban J connectivity index is 1.96. The van der Waals surface area contributed by atoms with Crippen molar-refractivity contribution in [3.8, 4) is 11.5 Å². The Morgan fingerprint density at radius 2 is 1.82 bits per heavy atom. The lowest BCUT2D eigenvalue weighted by Gasteiger charge is -2.30. The SMILES string of the molecule is COc1cccc([C@@H]2CC(=O)Nc3c2cc(Br)c2ccccc32)c1OC(C)C. The standard InChI is InChI=1S/C23H22BrNO3/c1-13(2)28-23-16(9-6-10-20(23)27-3)17-12-21(26)25-22-15-8-5-4-7-14(15)19(24)11-18(17)22/h4-11,13,17H,12H2,1-3H3,(H,25,26)/t17-/m0/s1. The second-order valence-electron chi connectivity index (χ2n) is 7.22. The molecule has 0 aliphatic carbocycles. The Morgan fingerprint density at radius 1 is 1.07 bits per heavy atom. The molecule has 28 heavy (non-hydrogen) atoms. The summed E-state index contributed by atoms with van der Waals surface area (Å²) in [4.78, 5) is 12.6. The minimum atomic E-state index is -0.117. The van der Waals surface area contributed by atoms with E-state index in [1.54, 1.807) is 7.11 Å². The third-order valence-corrected chi connectivity index (χ3v) is 5.67. The number of halogens is 1. The lowest BCUT2D eigenvalue weighted by atomic mass is 9.82. The molecule has 3 aromatic carbocycles. The molecule has 3 aromatic rings. The fraction of sp³-hybridized carbons (Fsp3) is 0.261. The summed E-state index contributed by atoms with van der Waals surface area (Å²) in [5.41, 5.74) is 2.91. The van der Waals surface area contributed by atoms with Gasteiger partial charge in [0.2, 0.25) is 5.91 Å². The first kappa shape index (κ1) is 18.8. The topological polar surface area (TPSA) is 47.6 Å². The monoisotopic (exact) mass is 439 g/mol. The summed E-state index contributed by atoms with van der Waals surface area (Å²) >= 11 is 3.71. The van der Waals surface area contributed by atoms with E-state index in [4.69, 9.17) is 9.47 Å². The maximum atomic E-state index is 12.6. The second kappa shape index (κ2) is 7.47. The quantitative estimate of drug-likeness (QED) is 0.552. The number of fused-ring (bicyclic) bond motifs is 3. The summed E-state index contributed by atoms with van der Waals surface area (Å²) in [6.45, 7) is 3.98. The number of carbonyl (C=O) groups excluding carboxylic acids is 1. The maximum Gasteiger partial charge on any atom is 0.225 e. The molecular weight excluding hydrogens is 418 g/mol. The van der Waals surface area contributed by atoms with Crippen LogP contribution in [0.1, 0.15) is 37.3 Å². The van der Waals surface area contributed by atoms with Crippen LogP contribution in [0.2, 0.25) is 0 Å². The summed E-state index contributed by atoms with van der Waals surface area (Å²) in [5, 5.41) is 5.19. The van der Waals surface area contributed by atoms with Crippen LogP contribution < -0.4 is 14.8 Å². The van der Waals surface area contributed by atoms with Crippen LogP contribution in [0.4, 0.5) is 5.69 Å². The molecule has 1 aliphatic rings. The number of methoxy groups -OCH3 is 1. The summed E-state index contributed by atoms with van der Waals surface area (Å²) in [6, 6.07) is 16.1. The first-order valence-corrected chi connectivity index (χ1v) is 10.1. The molecule has 1 aliphatic heterocycles. The van der Waals surface area contributed by atoms with Crippen LogP contribution in [0.5, 0.6) is 11.5 Å². The highest BCUT2D eigenvalue weighted by molar-refractivity contribution is 9.10. The number of ether oxygens (including phenoxy) is 2. The van der Waals surface area contributed by atoms with Gasteiger partial charge in [-0.15, -0.1) is 0 Å². The van der Waals surface area contributed by atoms with E-state index in [2.05, 4.69) is 27.3 Å². The van der Waals surface area contributed by atoms with Crippen molar-refractivity contribution in [1.82, 2.24) is 0 Å². The summed E-state index contributed by atoms with van der Waals surface area (Å²) in [6.07, 6.45) is 0.356. The molecule has 144 valence electrons. The van der Waals surface area contributed by atoms with Crippen molar-refractivity contribution in [2.75, 3.05) is 12.4 Å². The number of para-hydroxylation sites is 1. The molecule has 4 nitrogen and oxygen atoms in total. The molecule has 0 bridgehead atoms. The van der Waals surface area contributed by atoms with Gasteiger partial charge >= 0.3 is 0 Å². The molecule has 0 saturated heterocycles. The smallest absolute Gasteiger partial charge is 0.225 e. The number of amides is 1. The van der Waals surface area contributed by atoms with Crippen molar-refractivity contribution in [2.24, 2.45) is 0 Å². The van der Waals surface area contributed by atoms with Crippen LogP contribution in [-0.4, -0.2) is 19.1 Å². The summed E-state index contributed by atoms with van der Waals surface area (Å²) < 4.78 is 12.7. The molecule has 0 unspecified atom stereocenters. The lowest BCUT2D eigenvalue weighted by molar-refractivity contribution is -0.116. The van der Waals surface area contributed by atoms with Gasteiger partial charge in [0.25, 0.3) is 0 Å². The Morgan fingerprint density at radius 3 is 2.54 bits per heavy atom. The average Bonchev–Trinajstić information content (AvgIpc) is 2.68. The van der Waals surface area contributed by atoms with Gasteiger partial charge in [-0.1, -0.05) is 52.3 Å². The van der Waals surface area contributed by atoms with E-state index in [-0.39, 0.29) is 17.9 Å². The molecule has 0 radical (unpaired) electrons. The number of hydrogen-bond donors (Lipinski definition) is 1. The van der Waals surface area contributed by atoms with Crippen molar-refractivity contribution in [1.29, 1.82) is 0 Å². The average molecular weight is 440 g/mol. The van der Waals surface area contributed by atoms with Gasteiger partial charge in [0.15, 0.2) is 11.5 Å². The van der Waals surface area contributed by atoms with E-state index in [0.717, 1.165) is 32.1 Å². The zero-order valence-corrected chi connectivity index (χ0v) is 17.7. The van der Waals surface area contributed by atoms with Gasteiger partial charge in [-0.25, -0.2) is 0 Å². The fourth-order valence-electron chi connectivity index (χ4n) is 3.86. The first-order chi connectivity index (χ1) is 13.5. The Labute approximate surface area is 173 Å². The number of anilines is 1. The fourth-order valence-corrected chi connectivity index (χ4v) is 4.45. The van der Waals surface area contributed by atoms with Crippen molar-refractivity contribution < 1.29 is 14.3 Å². The van der Waals surface area contributed by atoms with Crippen LogP contribution in [0, 0.1) is 0 Å². The third-order valence-electron chi connectivity index (χ3n) is 5.01. The van der Waals surface area contributed by atoms with Gasteiger partial charge in [0.05, 0.1) is 18.9 Å². The minimum absolute atomic E-state index is 0.00305. The second-order valence-corrected chi connectivity index (χ2v) is 8.07. The highest BCUT2D eigenvalue weighted by Gasteiger charge is 2.31. The molecule has 1 atom stereocenters. The number of hydrogen-bond acceptors (Lipinski definition) is 3. The molecule has 1 N–H and O–H groups in total. The predicted octanol–water partition coefficient (Wildman–Crippen LogP) is 5.87. The van der Waals surface area contributed by atoms with Gasteiger partial charge in [-0.05, 0) is 36.9 Å². The number of nitrogens with one attached hydrogen (secondary N) is 1. The molecule has 0 saturated carbocycles. The highest BCUT2D eigenvalue weighted by atomic mass is 79.9. The number of carbonyl (C=O) groups is 1. The number of benzene rings is 3. The molecule has 5 heteroatoms. The van der Waals surface area contributed by atoms with E-state index in [9.17, 15) is 4.79 Å². The van der Waals surface area contributed by atoms with Crippen molar-refractivity contribution in [3.63, 3.8) is 0 Å². The van der Waals surface area contributed by atoms with Gasteiger partial charge in [-0.3, -0.25) is 4.79 Å². The van der Waals surface area contributed by atoms with E-state index in [1.807, 2.05) is 56.3 Å². The molecule has 0 aromatic heterocycles. The van der Waals surface area contributed by atoms with Crippen LogP contribution >= 0.6 is 15.9 Å². The van der Waals surface area contributed by atoms with Crippen molar-refractivity contribution >= 4 is 38.3 Å². The van der Waals surface area contributed by atoms with Crippen LogP contribution in [0.15, 0.2) is 53.0 Å². The minimum Gasteiger partial charge on any atom is -0.493 e. The normalized spacial score (nSPS) is 16.0. The van der Waals surface area contributed by atoms with E-state index in [1.165, 1.54) is 0 Å². The summed E-state index contributed by atoms with van der Waals surface area (Å²) in [7, 11) is 1.64. The van der Waals surface area contributed by atoms with Crippen LogP contribution in [-0.2, 0) is 4.79 Å². The van der Waals surface area contributed by atoms with Crippen LogP contribution in [0.3, 0.4) is 0 Å². The van der Waals surface area contributed by atoms with E-state index >= 15 is 0 Å². The predicted molar refractivity (Wildman–Crippen MR) is 115 cm³/mol.